The minimum absolute atomic E-state index is 0.212. The second kappa shape index (κ2) is 8.06. The van der Waals surface area contributed by atoms with Crippen LogP contribution < -0.4 is 5.32 Å². The fourth-order valence-electron chi connectivity index (χ4n) is 2.83. The molecule has 9 heteroatoms. The highest BCUT2D eigenvalue weighted by Crippen LogP contribution is 2.29. The van der Waals surface area contributed by atoms with Crippen LogP contribution in [0.4, 0.5) is 5.95 Å². The van der Waals surface area contributed by atoms with Crippen molar-refractivity contribution in [2.24, 2.45) is 0 Å². The molecule has 2 heterocycles. The molecule has 0 aliphatic heterocycles. The SMILES string of the molecule is Cc1ccccc1Cn1cnc(NC(=O)c2cc(-c3ccc(Cl)cc3Cl)n[nH]2)n1. The van der Waals surface area contributed by atoms with E-state index in [4.69, 9.17) is 23.2 Å². The van der Waals surface area contributed by atoms with Crippen molar-refractivity contribution in [2.75, 3.05) is 5.32 Å². The molecule has 0 atom stereocenters. The lowest BCUT2D eigenvalue weighted by molar-refractivity contribution is 0.102. The van der Waals surface area contributed by atoms with E-state index in [-0.39, 0.29) is 11.6 Å². The van der Waals surface area contributed by atoms with Gasteiger partial charge in [0.05, 0.1) is 17.3 Å². The van der Waals surface area contributed by atoms with Crippen LogP contribution in [0.15, 0.2) is 54.9 Å². The van der Waals surface area contributed by atoms with Crippen molar-refractivity contribution in [2.45, 2.75) is 13.5 Å². The summed E-state index contributed by atoms with van der Waals surface area (Å²) >= 11 is 12.1. The summed E-state index contributed by atoms with van der Waals surface area (Å²) in [5.41, 5.74) is 3.77. The number of aryl methyl sites for hydroxylation is 1. The predicted molar refractivity (Wildman–Crippen MR) is 112 cm³/mol. The molecule has 0 spiro atoms. The van der Waals surface area contributed by atoms with Crippen molar-refractivity contribution in [3.05, 3.63) is 81.7 Å². The lowest BCUT2D eigenvalue weighted by Crippen LogP contribution is -2.14. The van der Waals surface area contributed by atoms with E-state index in [2.05, 4.69) is 25.6 Å². The van der Waals surface area contributed by atoms with Crippen LogP contribution in [-0.4, -0.2) is 30.9 Å². The number of benzene rings is 2. The average molecular weight is 427 g/mol. The van der Waals surface area contributed by atoms with Gasteiger partial charge in [-0.15, -0.1) is 5.10 Å². The van der Waals surface area contributed by atoms with Crippen molar-refractivity contribution < 1.29 is 4.79 Å². The second-order valence-corrected chi connectivity index (χ2v) is 7.28. The van der Waals surface area contributed by atoms with Gasteiger partial charge in [-0.1, -0.05) is 47.5 Å². The van der Waals surface area contributed by atoms with Gasteiger partial charge in [-0.05, 0) is 42.3 Å². The number of amides is 1. The average Bonchev–Trinajstić information content (AvgIpc) is 3.33. The lowest BCUT2D eigenvalue weighted by atomic mass is 10.1. The van der Waals surface area contributed by atoms with Gasteiger partial charge in [0.2, 0.25) is 5.95 Å². The van der Waals surface area contributed by atoms with E-state index in [9.17, 15) is 4.79 Å². The Bertz CT molecular complexity index is 1180. The molecule has 1 amide bonds. The molecule has 29 heavy (non-hydrogen) atoms. The first-order valence-electron chi connectivity index (χ1n) is 8.76. The largest absolute Gasteiger partial charge is 0.288 e. The number of anilines is 1. The Labute approximate surface area is 176 Å². The molecule has 0 bridgehead atoms. The Balaban J connectivity index is 1.46. The number of nitrogens with one attached hydrogen (secondary N) is 2. The third-order valence-electron chi connectivity index (χ3n) is 4.38. The molecule has 0 aliphatic carbocycles. The first-order valence-corrected chi connectivity index (χ1v) is 9.51. The lowest BCUT2D eigenvalue weighted by Gasteiger charge is -2.04. The van der Waals surface area contributed by atoms with Crippen LogP contribution in [0.2, 0.25) is 10.0 Å². The van der Waals surface area contributed by atoms with Crippen molar-refractivity contribution in [3.8, 4) is 11.3 Å². The normalized spacial score (nSPS) is 10.9. The molecule has 0 unspecified atom stereocenters. The highest BCUT2D eigenvalue weighted by Gasteiger charge is 2.15. The molecule has 0 radical (unpaired) electrons. The Morgan fingerprint density at radius 3 is 2.79 bits per heavy atom. The van der Waals surface area contributed by atoms with E-state index in [0.29, 0.717) is 27.8 Å². The van der Waals surface area contributed by atoms with E-state index < -0.39 is 5.91 Å². The Hall–Kier alpha value is -3.16. The number of halogens is 2. The first kappa shape index (κ1) is 19.2. The van der Waals surface area contributed by atoms with Crippen molar-refractivity contribution in [1.29, 1.82) is 0 Å². The molecule has 0 saturated carbocycles. The fourth-order valence-corrected chi connectivity index (χ4v) is 3.34. The van der Waals surface area contributed by atoms with Gasteiger partial charge < -0.3 is 0 Å². The summed E-state index contributed by atoms with van der Waals surface area (Å²) in [6.45, 7) is 2.61. The van der Waals surface area contributed by atoms with Crippen LogP contribution in [0, 0.1) is 6.92 Å². The number of rotatable bonds is 5. The summed E-state index contributed by atoms with van der Waals surface area (Å²) in [6, 6.07) is 14.7. The van der Waals surface area contributed by atoms with Gasteiger partial charge >= 0.3 is 0 Å². The molecule has 0 aliphatic rings. The maximum absolute atomic E-state index is 12.5. The maximum Gasteiger partial charge on any atom is 0.276 e. The molecule has 0 saturated heterocycles. The smallest absolute Gasteiger partial charge is 0.276 e. The number of H-pyrrole nitrogens is 1. The van der Waals surface area contributed by atoms with Crippen LogP contribution in [-0.2, 0) is 6.54 Å². The van der Waals surface area contributed by atoms with Gasteiger partial charge in [0, 0.05) is 10.6 Å². The first-order chi connectivity index (χ1) is 14.0. The minimum Gasteiger partial charge on any atom is -0.288 e. The number of hydrogen-bond acceptors (Lipinski definition) is 4. The van der Waals surface area contributed by atoms with Crippen LogP contribution >= 0.6 is 23.2 Å². The van der Waals surface area contributed by atoms with Crippen LogP contribution in [0.3, 0.4) is 0 Å². The molecule has 2 aromatic heterocycles. The summed E-state index contributed by atoms with van der Waals surface area (Å²) < 4.78 is 1.67. The second-order valence-electron chi connectivity index (χ2n) is 6.44. The quantitative estimate of drug-likeness (QED) is 0.488. The van der Waals surface area contributed by atoms with Crippen LogP contribution in [0.25, 0.3) is 11.3 Å². The van der Waals surface area contributed by atoms with Gasteiger partial charge in [-0.3, -0.25) is 15.2 Å². The predicted octanol–water partition coefficient (Wildman–Crippen LogP) is 4.58. The number of aromatic nitrogens is 5. The van der Waals surface area contributed by atoms with Gasteiger partial charge in [-0.2, -0.15) is 5.10 Å². The molecule has 146 valence electrons. The van der Waals surface area contributed by atoms with Crippen molar-refractivity contribution >= 4 is 35.1 Å². The zero-order valence-corrected chi connectivity index (χ0v) is 16.9. The topological polar surface area (TPSA) is 88.5 Å². The van der Waals surface area contributed by atoms with Gasteiger partial charge in [0.15, 0.2) is 0 Å². The summed E-state index contributed by atoms with van der Waals surface area (Å²) in [4.78, 5) is 16.6. The zero-order chi connectivity index (χ0) is 20.4. The van der Waals surface area contributed by atoms with Gasteiger partial charge in [0.25, 0.3) is 5.91 Å². The summed E-state index contributed by atoms with van der Waals surface area (Å²) in [6.07, 6.45) is 1.58. The van der Waals surface area contributed by atoms with Crippen LogP contribution in [0.1, 0.15) is 21.6 Å². The van der Waals surface area contributed by atoms with Gasteiger partial charge in [-0.25, -0.2) is 9.67 Å². The van der Waals surface area contributed by atoms with Crippen LogP contribution in [0.5, 0.6) is 0 Å². The van der Waals surface area contributed by atoms with Gasteiger partial charge in [0.1, 0.15) is 12.0 Å². The highest BCUT2D eigenvalue weighted by atomic mass is 35.5. The fraction of sp³-hybridized carbons (Fsp3) is 0.100. The zero-order valence-electron chi connectivity index (χ0n) is 15.4. The monoisotopic (exact) mass is 426 g/mol. The van der Waals surface area contributed by atoms with E-state index >= 15 is 0 Å². The van der Waals surface area contributed by atoms with Crippen molar-refractivity contribution in [1.82, 2.24) is 25.0 Å². The Morgan fingerprint density at radius 1 is 1.17 bits per heavy atom. The summed E-state index contributed by atoms with van der Waals surface area (Å²) in [5, 5.41) is 14.8. The number of hydrogen-bond donors (Lipinski definition) is 2. The number of carbonyl (C=O) groups excluding carboxylic acids is 1. The molecular weight excluding hydrogens is 411 g/mol. The minimum atomic E-state index is -0.400. The Morgan fingerprint density at radius 2 is 2.00 bits per heavy atom. The number of nitrogens with zero attached hydrogens (tertiary/aromatic N) is 4. The molecule has 7 nitrogen and oxygen atoms in total. The molecule has 4 rings (SSSR count). The Kier molecular flexibility index (Phi) is 5.33. The van der Waals surface area contributed by atoms with Crippen molar-refractivity contribution in [3.63, 3.8) is 0 Å². The molecule has 4 aromatic rings. The molecular formula is C20H16Cl2N6O. The molecule has 0 fully saturated rings. The molecule has 2 N–H and O–H groups in total. The van der Waals surface area contributed by atoms with E-state index in [1.807, 2.05) is 31.2 Å². The third kappa shape index (κ3) is 4.31. The van der Waals surface area contributed by atoms with E-state index in [1.54, 1.807) is 35.3 Å². The number of aromatic amines is 1. The van der Waals surface area contributed by atoms with E-state index in [1.165, 1.54) is 5.56 Å². The summed E-state index contributed by atoms with van der Waals surface area (Å²) in [5.74, 6) is -0.188. The molecule has 2 aromatic carbocycles. The highest BCUT2D eigenvalue weighted by molar-refractivity contribution is 6.36. The maximum atomic E-state index is 12.5. The summed E-state index contributed by atoms with van der Waals surface area (Å²) in [7, 11) is 0. The standard InChI is InChI=1S/C20H16Cl2N6O/c1-12-4-2-3-5-13(12)10-28-11-23-20(27-28)24-19(29)18-9-17(25-26-18)15-7-6-14(21)8-16(15)22/h2-9,11H,10H2,1H3,(H,25,26)(H,24,27,29). The van der Waals surface area contributed by atoms with E-state index in [0.717, 1.165) is 5.56 Å². The number of carbonyl (C=O) groups is 1. The third-order valence-corrected chi connectivity index (χ3v) is 4.93.